The van der Waals surface area contributed by atoms with E-state index in [0.717, 1.165) is 25.3 Å². The van der Waals surface area contributed by atoms with E-state index in [4.69, 9.17) is 0 Å². The standard InChI is InChI=1S/C13H13FN2/c14-12-4-2-1-3-11(12)13-6-5-10-9-15-7-8-16(10)13/h1-6,15H,7-9H2. The maximum atomic E-state index is 13.7. The van der Waals surface area contributed by atoms with Gasteiger partial charge in [0.1, 0.15) is 5.82 Å². The van der Waals surface area contributed by atoms with Crippen LogP contribution < -0.4 is 5.32 Å². The first kappa shape index (κ1) is 9.60. The molecule has 1 aliphatic rings. The topological polar surface area (TPSA) is 17.0 Å². The van der Waals surface area contributed by atoms with Gasteiger partial charge >= 0.3 is 0 Å². The SMILES string of the molecule is Fc1ccccc1-c1ccc2n1CCNC2. The summed E-state index contributed by atoms with van der Waals surface area (Å²) in [5.41, 5.74) is 2.90. The van der Waals surface area contributed by atoms with Crippen LogP contribution in [0.25, 0.3) is 11.3 Å². The lowest BCUT2D eigenvalue weighted by Gasteiger charge is -2.19. The van der Waals surface area contributed by atoms with Gasteiger partial charge in [-0.15, -0.1) is 0 Å². The average molecular weight is 216 g/mol. The maximum Gasteiger partial charge on any atom is 0.132 e. The van der Waals surface area contributed by atoms with Crippen LogP contribution in [0.3, 0.4) is 0 Å². The third kappa shape index (κ3) is 1.44. The van der Waals surface area contributed by atoms with Crippen LogP contribution in [-0.2, 0) is 13.1 Å². The summed E-state index contributed by atoms with van der Waals surface area (Å²) in [4.78, 5) is 0. The van der Waals surface area contributed by atoms with E-state index >= 15 is 0 Å². The Labute approximate surface area is 93.7 Å². The van der Waals surface area contributed by atoms with E-state index < -0.39 is 0 Å². The van der Waals surface area contributed by atoms with E-state index in [0.29, 0.717) is 5.56 Å². The maximum absolute atomic E-state index is 13.7. The summed E-state index contributed by atoms with van der Waals surface area (Å²) in [6, 6.07) is 11.0. The van der Waals surface area contributed by atoms with Gasteiger partial charge in [0.15, 0.2) is 0 Å². The molecule has 2 nitrogen and oxygen atoms in total. The average Bonchev–Trinajstić information content (AvgIpc) is 2.74. The molecular weight excluding hydrogens is 203 g/mol. The second-order valence-corrected chi connectivity index (χ2v) is 4.02. The van der Waals surface area contributed by atoms with Crippen LogP contribution in [0, 0.1) is 5.82 Å². The van der Waals surface area contributed by atoms with Crippen molar-refractivity contribution in [2.45, 2.75) is 13.1 Å². The smallest absolute Gasteiger partial charge is 0.132 e. The predicted octanol–water partition coefficient (Wildman–Crippen LogP) is 2.40. The van der Waals surface area contributed by atoms with Gasteiger partial charge in [0.2, 0.25) is 0 Å². The lowest BCUT2D eigenvalue weighted by molar-refractivity contribution is 0.519. The fourth-order valence-electron chi connectivity index (χ4n) is 2.24. The summed E-state index contributed by atoms with van der Waals surface area (Å²) in [6.07, 6.45) is 0. The highest BCUT2D eigenvalue weighted by molar-refractivity contribution is 5.61. The van der Waals surface area contributed by atoms with Crippen LogP contribution in [0.15, 0.2) is 36.4 Å². The molecule has 0 atom stereocenters. The van der Waals surface area contributed by atoms with E-state index in [9.17, 15) is 4.39 Å². The molecule has 1 aromatic carbocycles. The monoisotopic (exact) mass is 216 g/mol. The van der Waals surface area contributed by atoms with Crippen molar-refractivity contribution in [1.82, 2.24) is 9.88 Å². The van der Waals surface area contributed by atoms with Crippen molar-refractivity contribution in [2.75, 3.05) is 6.54 Å². The Morgan fingerprint density at radius 2 is 2.00 bits per heavy atom. The molecule has 2 aromatic rings. The number of hydrogen-bond acceptors (Lipinski definition) is 1. The van der Waals surface area contributed by atoms with Gasteiger partial charge in [0.05, 0.1) is 5.69 Å². The molecule has 0 saturated carbocycles. The molecule has 82 valence electrons. The summed E-state index contributed by atoms with van der Waals surface area (Å²) in [6.45, 7) is 2.73. The first-order valence-electron chi connectivity index (χ1n) is 5.50. The normalized spacial score (nSPS) is 14.8. The molecule has 0 unspecified atom stereocenters. The van der Waals surface area contributed by atoms with Gasteiger partial charge in [0.25, 0.3) is 0 Å². The molecule has 16 heavy (non-hydrogen) atoms. The largest absolute Gasteiger partial charge is 0.342 e. The van der Waals surface area contributed by atoms with Crippen molar-refractivity contribution in [3.05, 3.63) is 47.9 Å². The highest BCUT2D eigenvalue weighted by Crippen LogP contribution is 2.26. The number of aromatic nitrogens is 1. The first-order valence-corrected chi connectivity index (χ1v) is 5.50. The van der Waals surface area contributed by atoms with Crippen LogP contribution in [0.2, 0.25) is 0 Å². The number of nitrogens with one attached hydrogen (secondary N) is 1. The Morgan fingerprint density at radius 1 is 1.12 bits per heavy atom. The summed E-state index contributed by atoms with van der Waals surface area (Å²) in [7, 11) is 0. The van der Waals surface area contributed by atoms with Crippen molar-refractivity contribution in [1.29, 1.82) is 0 Å². The van der Waals surface area contributed by atoms with Gasteiger partial charge in [-0.2, -0.15) is 0 Å². The minimum atomic E-state index is -0.151. The number of rotatable bonds is 1. The summed E-state index contributed by atoms with van der Waals surface area (Å²) in [5, 5.41) is 3.31. The highest BCUT2D eigenvalue weighted by atomic mass is 19.1. The van der Waals surface area contributed by atoms with E-state index in [1.54, 1.807) is 6.07 Å². The Bertz CT molecular complexity index is 516. The Kier molecular flexibility index (Phi) is 2.26. The Hall–Kier alpha value is -1.61. The molecule has 3 heteroatoms. The van der Waals surface area contributed by atoms with Crippen LogP contribution in [0.1, 0.15) is 5.69 Å². The summed E-state index contributed by atoms with van der Waals surface area (Å²) < 4.78 is 15.9. The number of hydrogen-bond donors (Lipinski definition) is 1. The molecule has 0 spiro atoms. The van der Waals surface area contributed by atoms with Gasteiger partial charge in [-0.3, -0.25) is 0 Å². The molecule has 0 aliphatic carbocycles. The number of fused-ring (bicyclic) bond motifs is 1. The quantitative estimate of drug-likeness (QED) is 0.774. The zero-order valence-corrected chi connectivity index (χ0v) is 8.91. The second-order valence-electron chi connectivity index (χ2n) is 4.02. The summed E-state index contributed by atoms with van der Waals surface area (Å²) in [5.74, 6) is -0.151. The van der Waals surface area contributed by atoms with Gasteiger partial charge in [-0.25, -0.2) is 4.39 Å². The van der Waals surface area contributed by atoms with Crippen LogP contribution in [0.4, 0.5) is 4.39 Å². The van der Waals surface area contributed by atoms with E-state index in [2.05, 4.69) is 16.0 Å². The molecule has 3 rings (SSSR count). The molecule has 1 aliphatic heterocycles. The number of halogens is 1. The first-order chi connectivity index (χ1) is 7.86. The highest BCUT2D eigenvalue weighted by Gasteiger charge is 2.14. The van der Waals surface area contributed by atoms with Gasteiger partial charge in [-0.1, -0.05) is 12.1 Å². The van der Waals surface area contributed by atoms with E-state index in [1.165, 1.54) is 11.8 Å². The van der Waals surface area contributed by atoms with Crippen molar-refractivity contribution in [3.8, 4) is 11.3 Å². The van der Waals surface area contributed by atoms with E-state index in [-0.39, 0.29) is 5.82 Å². The molecule has 0 bridgehead atoms. The van der Waals surface area contributed by atoms with Crippen molar-refractivity contribution < 1.29 is 4.39 Å². The zero-order chi connectivity index (χ0) is 11.0. The molecule has 0 radical (unpaired) electrons. The lowest BCUT2D eigenvalue weighted by Crippen LogP contribution is -2.27. The molecule has 1 aromatic heterocycles. The van der Waals surface area contributed by atoms with Gasteiger partial charge < -0.3 is 9.88 Å². The van der Waals surface area contributed by atoms with Crippen LogP contribution >= 0.6 is 0 Å². The van der Waals surface area contributed by atoms with E-state index in [1.807, 2.05) is 18.2 Å². The Morgan fingerprint density at radius 3 is 2.88 bits per heavy atom. The van der Waals surface area contributed by atoms with Crippen LogP contribution in [-0.4, -0.2) is 11.1 Å². The molecule has 2 heterocycles. The van der Waals surface area contributed by atoms with Crippen molar-refractivity contribution in [2.24, 2.45) is 0 Å². The van der Waals surface area contributed by atoms with Crippen molar-refractivity contribution >= 4 is 0 Å². The summed E-state index contributed by atoms with van der Waals surface area (Å²) >= 11 is 0. The molecular formula is C13H13FN2. The second kappa shape index (κ2) is 3.76. The fourth-order valence-corrected chi connectivity index (χ4v) is 2.24. The Balaban J connectivity index is 2.13. The molecule has 0 fully saturated rings. The van der Waals surface area contributed by atoms with Gasteiger partial charge in [0, 0.05) is 30.9 Å². The fraction of sp³-hybridized carbons (Fsp3) is 0.231. The predicted molar refractivity (Wildman–Crippen MR) is 61.5 cm³/mol. The zero-order valence-electron chi connectivity index (χ0n) is 8.91. The van der Waals surface area contributed by atoms with Crippen molar-refractivity contribution in [3.63, 3.8) is 0 Å². The van der Waals surface area contributed by atoms with Crippen LogP contribution in [0.5, 0.6) is 0 Å². The molecule has 0 amide bonds. The third-order valence-electron chi connectivity index (χ3n) is 3.04. The minimum Gasteiger partial charge on any atom is -0.342 e. The molecule has 0 saturated heterocycles. The minimum absolute atomic E-state index is 0.151. The lowest BCUT2D eigenvalue weighted by atomic mass is 10.1. The number of nitrogens with zero attached hydrogens (tertiary/aromatic N) is 1. The molecule has 1 N–H and O–H groups in total. The third-order valence-corrected chi connectivity index (χ3v) is 3.04. The number of benzene rings is 1. The van der Waals surface area contributed by atoms with Gasteiger partial charge in [-0.05, 0) is 24.3 Å².